The van der Waals surface area contributed by atoms with Gasteiger partial charge in [0.2, 0.25) is 0 Å². The largest absolute Gasteiger partial charge is 0.462 e. The molecule has 0 unspecified atom stereocenters. The topological polar surface area (TPSA) is 175 Å². The lowest BCUT2D eigenvalue weighted by atomic mass is 9.49. The summed E-state index contributed by atoms with van der Waals surface area (Å²) in [6, 6.07) is 8.10. The van der Waals surface area contributed by atoms with Crippen LogP contribution in [0.3, 0.4) is 0 Å². The molecule has 0 bridgehead atoms. The minimum absolute atomic E-state index is 0.00503. The molecule has 0 spiro atoms. The molecule has 2 saturated carbocycles. The Morgan fingerprint density at radius 1 is 0.933 bits per heavy atom. The van der Waals surface area contributed by atoms with Crippen molar-refractivity contribution in [1.82, 2.24) is 0 Å². The number of aliphatic hydroxyl groups excluding tert-OH is 2. The summed E-state index contributed by atoms with van der Waals surface area (Å²) in [6.45, 7) is 9.66. The van der Waals surface area contributed by atoms with E-state index in [4.69, 9.17) is 23.7 Å². The molecule has 10 atom stereocenters. The van der Waals surface area contributed by atoms with Gasteiger partial charge in [0.15, 0.2) is 5.60 Å². The Kier molecular flexibility index (Phi) is 8.21. The standard InChI is InChI=1S/C33H42O12/c1-16-21(37)14-32(30(5,6)40)24(16)25(38)27(44-29(39)20-11-9-8-10-12-20)31(7)22(42-17(2)34)13-23-33(15-41-23,45-19(4)36)26(31)28(32)43-18(3)35/h8-12,21-23,25-28,37-38,40H,13-15H2,1-7H3/t21-,22+,23-,25+,26+,27-,28+,31-,32-,33-/m0/s1. The lowest BCUT2D eigenvalue weighted by molar-refractivity contribution is -0.352. The van der Waals surface area contributed by atoms with Gasteiger partial charge in [-0.3, -0.25) is 14.4 Å². The number of benzene rings is 1. The van der Waals surface area contributed by atoms with Gasteiger partial charge in [0.1, 0.15) is 30.5 Å². The van der Waals surface area contributed by atoms with Gasteiger partial charge in [-0.2, -0.15) is 0 Å². The fourth-order valence-electron chi connectivity index (χ4n) is 8.71. The maximum atomic E-state index is 13.8. The quantitative estimate of drug-likeness (QED) is 0.237. The predicted molar refractivity (Wildman–Crippen MR) is 155 cm³/mol. The average Bonchev–Trinajstić information content (AvgIpc) is 3.18. The van der Waals surface area contributed by atoms with Crippen molar-refractivity contribution in [3.05, 3.63) is 47.0 Å². The van der Waals surface area contributed by atoms with Crippen molar-refractivity contribution in [3.63, 3.8) is 0 Å². The van der Waals surface area contributed by atoms with Crippen molar-refractivity contribution < 1.29 is 58.2 Å². The molecule has 45 heavy (non-hydrogen) atoms. The molecule has 1 aromatic carbocycles. The van der Waals surface area contributed by atoms with E-state index in [1.165, 1.54) is 34.6 Å². The summed E-state index contributed by atoms with van der Waals surface area (Å²) in [4.78, 5) is 52.1. The molecule has 0 aromatic heterocycles. The highest BCUT2D eigenvalue weighted by Gasteiger charge is 2.80. The summed E-state index contributed by atoms with van der Waals surface area (Å²) in [5.74, 6) is -4.08. The van der Waals surface area contributed by atoms with Gasteiger partial charge in [-0.25, -0.2) is 4.79 Å². The van der Waals surface area contributed by atoms with Crippen LogP contribution in [0.1, 0.15) is 71.7 Å². The van der Waals surface area contributed by atoms with Crippen LogP contribution >= 0.6 is 0 Å². The number of carbonyl (C=O) groups excluding carboxylic acids is 4. The first-order chi connectivity index (χ1) is 20.9. The highest BCUT2D eigenvalue weighted by Crippen LogP contribution is 2.68. The van der Waals surface area contributed by atoms with Crippen molar-refractivity contribution in [2.45, 2.75) is 109 Å². The molecular weight excluding hydrogens is 588 g/mol. The molecule has 5 rings (SSSR count). The Balaban J connectivity index is 1.88. The molecule has 4 aliphatic rings. The van der Waals surface area contributed by atoms with Crippen molar-refractivity contribution >= 4 is 23.9 Å². The van der Waals surface area contributed by atoms with Crippen molar-refractivity contribution in [3.8, 4) is 0 Å². The Bertz CT molecular complexity index is 1410. The summed E-state index contributed by atoms with van der Waals surface area (Å²) in [5.41, 5.74) is -6.00. The van der Waals surface area contributed by atoms with Crippen LogP contribution in [-0.2, 0) is 38.1 Å². The van der Waals surface area contributed by atoms with Crippen LogP contribution in [0.15, 0.2) is 41.5 Å². The zero-order chi connectivity index (χ0) is 33.3. The van der Waals surface area contributed by atoms with E-state index in [1.54, 1.807) is 44.2 Å². The molecule has 1 aromatic rings. The zero-order valence-corrected chi connectivity index (χ0v) is 26.6. The van der Waals surface area contributed by atoms with Gasteiger partial charge in [-0.1, -0.05) is 25.1 Å². The first-order valence-corrected chi connectivity index (χ1v) is 15.1. The Morgan fingerprint density at radius 2 is 1.56 bits per heavy atom. The summed E-state index contributed by atoms with van der Waals surface area (Å²) in [5, 5.41) is 35.9. The zero-order valence-electron chi connectivity index (χ0n) is 26.6. The smallest absolute Gasteiger partial charge is 0.338 e. The third-order valence-corrected chi connectivity index (χ3v) is 10.5. The lowest BCUT2D eigenvalue weighted by Gasteiger charge is -2.65. The maximum absolute atomic E-state index is 13.8. The first-order valence-electron chi connectivity index (χ1n) is 15.1. The third kappa shape index (κ3) is 4.88. The summed E-state index contributed by atoms with van der Waals surface area (Å²) < 4.78 is 30.3. The molecule has 1 saturated heterocycles. The fourth-order valence-corrected chi connectivity index (χ4v) is 8.71. The lowest BCUT2D eigenvalue weighted by Crippen LogP contribution is -2.79. The summed E-state index contributed by atoms with van der Waals surface area (Å²) in [7, 11) is 0. The van der Waals surface area contributed by atoms with Crippen molar-refractivity contribution in [1.29, 1.82) is 0 Å². The third-order valence-electron chi connectivity index (χ3n) is 10.5. The molecule has 12 heteroatoms. The van der Waals surface area contributed by atoms with E-state index < -0.39 is 88.5 Å². The van der Waals surface area contributed by atoms with Crippen LogP contribution in [0.2, 0.25) is 0 Å². The van der Waals surface area contributed by atoms with E-state index >= 15 is 0 Å². The number of esters is 4. The van der Waals surface area contributed by atoms with Crippen molar-refractivity contribution in [2.75, 3.05) is 6.61 Å². The second kappa shape index (κ2) is 11.2. The van der Waals surface area contributed by atoms with Crippen LogP contribution in [0.25, 0.3) is 0 Å². The Morgan fingerprint density at radius 3 is 2.07 bits per heavy atom. The molecular formula is C33H42O12. The van der Waals surface area contributed by atoms with Gasteiger partial charge in [0, 0.05) is 27.2 Å². The maximum Gasteiger partial charge on any atom is 0.338 e. The molecule has 3 N–H and O–H groups in total. The van der Waals surface area contributed by atoms with Crippen LogP contribution in [0.5, 0.6) is 0 Å². The molecule has 1 heterocycles. The average molecular weight is 631 g/mol. The Hall–Kier alpha value is -3.32. The van der Waals surface area contributed by atoms with Crippen molar-refractivity contribution in [2.24, 2.45) is 16.7 Å². The van der Waals surface area contributed by atoms with Crippen LogP contribution < -0.4 is 0 Å². The highest BCUT2D eigenvalue weighted by molar-refractivity contribution is 5.89. The number of fused-ring (bicyclic) bond motifs is 4. The van der Waals surface area contributed by atoms with Crippen LogP contribution in [0.4, 0.5) is 0 Å². The number of rotatable bonds is 6. The molecule has 246 valence electrons. The summed E-state index contributed by atoms with van der Waals surface area (Å²) in [6.07, 6.45) is -7.94. The number of hydrogen-bond donors (Lipinski definition) is 3. The minimum atomic E-state index is -1.78. The van der Waals surface area contributed by atoms with Gasteiger partial charge in [-0.05, 0) is 50.5 Å². The van der Waals surface area contributed by atoms with E-state index in [9.17, 15) is 34.5 Å². The number of hydrogen-bond acceptors (Lipinski definition) is 12. The van der Waals surface area contributed by atoms with Gasteiger partial charge in [0.05, 0.1) is 40.6 Å². The Labute approximate surface area is 261 Å². The van der Waals surface area contributed by atoms with E-state index in [1.807, 2.05) is 0 Å². The molecule has 0 radical (unpaired) electrons. The van der Waals surface area contributed by atoms with Gasteiger partial charge < -0.3 is 39.0 Å². The van der Waals surface area contributed by atoms with Crippen LogP contribution in [0, 0.1) is 16.7 Å². The molecule has 1 aliphatic heterocycles. The predicted octanol–water partition coefficient (Wildman–Crippen LogP) is 2.02. The monoisotopic (exact) mass is 630 g/mol. The first kappa shape index (κ1) is 33.1. The van der Waals surface area contributed by atoms with E-state index in [0.717, 1.165) is 0 Å². The van der Waals surface area contributed by atoms with Crippen LogP contribution in [-0.4, -0.2) is 93.6 Å². The number of carbonyl (C=O) groups is 4. The van der Waals surface area contributed by atoms with Gasteiger partial charge >= 0.3 is 23.9 Å². The van der Waals surface area contributed by atoms with Gasteiger partial charge in [-0.15, -0.1) is 0 Å². The summed E-state index contributed by atoms with van der Waals surface area (Å²) >= 11 is 0. The van der Waals surface area contributed by atoms with E-state index in [2.05, 4.69) is 0 Å². The second-order valence-electron chi connectivity index (χ2n) is 13.5. The fraction of sp³-hybridized carbons (Fsp3) is 0.636. The second-order valence-corrected chi connectivity index (χ2v) is 13.5. The van der Waals surface area contributed by atoms with Gasteiger partial charge in [0.25, 0.3) is 0 Å². The SMILES string of the molecule is CC(=O)O[C@@H]1[C@H]2[C@]3(OC(C)=O)CO[C@H]3C[C@@H](OC(C)=O)[C@]2(C)[C@@H](OC(=O)c2ccccc2)[C@H](O)C2=C(C)[C@@H](O)C[C@]21C(C)(C)O. The molecule has 3 aliphatic carbocycles. The molecule has 12 nitrogen and oxygen atoms in total. The minimum Gasteiger partial charge on any atom is -0.462 e. The number of aliphatic hydroxyl groups is 3. The highest BCUT2D eigenvalue weighted by atomic mass is 16.6. The number of ether oxygens (including phenoxy) is 5. The molecule has 3 fully saturated rings. The van der Waals surface area contributed by atoms with E-state index in [-0.39, 0.29) is 30.6 Å². The molecule has 0 amide bonds. The normalized spacial score (nSPS) is 38.8. The van der Waals surface area contributed by atoms with E-state index in [0.29, 0.717) is 5.57 Å².